The number of fused-ring (bicyclic) bond motifs is 1. The van der Waals surface area contributed by atoms with Gasteiger partial charge in [0.25, 0.3) is 11.8 Å². The molecule has 0 radical (unpaired) electrons. The van der Waals surface area contributed by atoms with Crippen molar-refractivity contribution < 1.29 is 23.5 Å². The normalized spacial score (nSPS) is 22.3. The van der Waals surface area contributed by atoms with Gasteiger partial charge in [0.2, 0.25) is 0 Å². The van der Waals surface area contributed by atoms with Crippen molar-refractivity contribution >= 4 is 22.7 Å². The molecule has 0 saturated carbocycles. The summed E-state index contributed by atoms with van der Waals surface area (Å²) >= 11 is 0. The molecule has 3 atom stereocenters. The van der Waals surface area contributed by atoms with Gasteiger partial charge >= 0.3 is 0 Å². The van der Waals surface area contributed by atoms with Crippen LogP contribution in [0.1, 0.15) is 24.2 Å². The Kier molecular flexibility index (Phi) is 4.92. The van der Waals surface area contributed by atoms with Crippen molar-refractivity contribution in [3.63, 3.8) is 0 Å². The number of nitrogens with zero attached hydrogens (tertiary/aromatic N) is 1. The smallest absolute Gasteiger partial charge is 0.255 e. The third-order valence-electron chi connectivity index (χ3n) is 4.46. The fourth-order valence-electron chi connectivity index (χ4n) is 2.95. The molecule has 0 spiro atoms. The van der Waals surface area contributed by atoms with Gasteiger partial charge in [0.1, 0.15) is 18.1 Å². The van der Waals surface area contributed by atoms with Crippen LogP contribution in [0.25, 0.3) is 10.9 Å². The number of benzene rings is 1. The van der Waals surface area contributed by atoms with E-state index in [-0.39, 0.29) is 12.2 Å². The van der Waals surface area contributed by atoms with E-state index in [1.165, 1.54) is 6.20 Å². The Hall–Kier alpha value is -2.90. The molecule has 0 unspecified atom stereocenters. The summed E-state index contributed by atoms with van der Waals surface area (Å²) in [4.78, 5) is 27.3. The van der Waals surface area contributed by atoms with E-state index in [9.17, 15) is 14.0 Å². The Morgan fingerprint density at radius 1 is 1.35 bits per heavy atom. The quantitative estimate of drug-likeness (QED) is 0.813. The van der Waals surface area contributed by atoms with Crippen LogP contribution in [0.2, 0.25) is 0 Å². The molecule has 2 heterocycles. The second-order valence-electron chi connectivity index (χ2n) is 6.16. The zero-order valence-electron chi connectivity index (χ0n) is 14.5. The van der Waals surface area contributed by atoms with E-state index in [0.29, 0.717) is 29.0 Å². The molecule has 0 bridgehead atoms. The first-order valence-electron chi connectivity index (χ1n) is 8.35. The Labute approximate surface area is 149 Å². The molecule has 3 N–H and O–H groups in total. The minimum Gasteiger partial charge on any atom is -0.493 e. The van der Waals surface area contributed by atoms with Crippen molar-refractivity contribution in [3.8, 4) is 11.5 Å². The molecule has 1 aromatic heterocycles. The van der Waals surface area contributed by atoms with Crippen molar-refractivity contribution in [2.45, 2.75) is 26.1 Å². The van der Waals surface area contributed by atoms with Gasteiger partial charge in [-0.3, -0.25) is 14.6 Å². The molecule has 2 aromatic rings. The topological polar surface area (TPSA) is 104 Å². The van der Waals surface area contributed by atoms with Crippen LogP contribution in [0.4, 0.5) is 4.39 Å². The van der Waals surface area contributed by atoms with Crippen molar-refractivity contribution in [3.05, 3.63) is 30.0 Å². The number of carbonyl (C=O) groups excluding carboxylic acids is 2. The first-order valence-corrected chi connectivity index (χ1v) is 8.35. The SMILES string of the molecule is CCOc1cc2c(OC[C@H]3NC(=O)[C@H](F)[C@H]3C)ccnc2cc1C(N)=O. The lowest BCUT2D eigenvalue weighted by Gasteiger charge is -2.17. The molecule has 1 aliphatic rings. The number of halogens is 1. The van der Waals surface area contributed by atoms with E-state index in [1.807, 2.05) is 0 Å². The van der Waals surface area contributed by atoms with Crippen molar-refractivity contribution in [1.29, 1.82) is 0 Å². The van der Waals surface area contributed by atoms with E-state index < -0.39 is 29.9 Å². The molecular weight excluding hydrogens is 341 g/mol. The fourth-order valence-corrected chi connectivity index (χ4v) is 2.95. The molecule has 1 saturated heterocycles. The Balaban J connectivity index is 1.90. The van der Waals surface area contributed by atoms with Crippen molar-refractivity contribution in [1.82, 2.24) is 10.3 Å². The number of amides is 2. The van der Waals surface area contributed by atoms with Gasteiger partial charge in [0.15, 0.2) is 6.17 Å². The number of aromatic nitrogens is 1. The monoisotopic (exact) mass is 361 g/mol. The number of rotatable bonds is 6. The van der Waals surface area contributed by atoms with Crippen LogP contribution in [0.15, 0.2) is 24.4 Å². The maximum atomic E-state index is 13.7. The van der Waals surface area contributed by atoms with Gasteiger partial charge in [-0.05, 0) is 25.1 Å². The average molecular weight is 361 g/mol. The number of carbonyl (C=O) groups is 2. The molecule has 3 rings (SSSR count). The lowest BCUT2D eigenvalue weighted by Crippen LogP contribution is -2.34. The largest absolute Gasteiger partial charge is 0.493 e. The van der Waals surface area contributed by atoms with Crippen LogP contribution >= 0.6 is 0 Å². The molecule has 1 fully saturated rings. The van der Waals surface area contributed by atoms with Gasteiger partial charge in [-0.15, -0.1) is 0 Å². The lowest BCUT2D eigenvalue weighted by molar-refractivity contribution is -0.123. The first kappa shape index (κ1) is 17.9. The Morgan fingerprint density at radius 3 is 2.73 bits per heavy atom. The van der Waals surface area contributed by atoms with Crippen molar-refractivity contribution in [2.75, 3.05) is 13.2 Å². The number of hydrogen-bond acceptors (Lipinski definition) is 5. The summed E-state index contributed by atoms with van der Waals surface area (Å²) < 4.78 is 25.0. The number of nitrogens with one attached hydrogen (secondary N) is 1. The molecule has 2 amide bonds. The molecule has 8 heteroatoms. The predicted octanol–water partition coefficient (Wildman–Crippen LogP) is 1.58. The van der Waals surface area contributed by atoms with E-state index in [1.54, 1.807) is 32.0 Å². The molecule has 0 aliphatic carbocycles. The van der Waals surface area contributed by atoms with Crippen LogP contribution in [-0.2, 0) is 4.79 Å². The minimum absolute atomic E-state index is 0.119. The van der Waals surface area contributed by atoms with Crippen LogP contribution in [0.5, 0.6) is 11.5 Å². The maximum absolute atomic E-state index is 13.7. The third-order valence-corrected chi connectivity index (χ3v) is 4.46. The molecule has 7 nitrogen and oxygen atoms in total. The predicted molar refractivity (Wildman–Crippen MR) is 92.9 cm³/mol. The summed E-state index contributed by atoms with van der Waals surface area (Å²) in [6, 6.07) is 4.44. The second-order valence-corrected chi connectivity index (χ2v) is 6.16. The standard InChI is InChI=1S/C18H20FN3O4/c1-3-25-15-7-10-12(6-11(15)17(20)23)21-5-4-14(10)26-8-13-9(2)16(19)18(24)22-13/h4-7,9,13,16H,3,8H2,1-2H3,(H2,20,23)(H,22,24)/t9-,13+,16+/m0/s1. The van der Waals surface area contributed by atoms with Crippen molar-refractivity contribution in [2.24, 2.45) is 11.7 Å². The highest BCUT2D eigenvalue weighted by Crippen LogP contribution is 2.31. The number of primary amides is 1. The van der Waals surface area contributed by atoms with Crippen LogP contribution < -0.4 is 20.5 Å². The second kappa shape index (κ2) is 7.15. The van der Waals surface area contributed by atoms with E-state index in [2.05, 4.69) is 10.3 Å². The van der Waals surface area contributed by atoms with E-state index in [0.717, 1.165) is 0 Å². The summed E-state index contributed by atoms with van der Waals surface area (Å²) in [6.45, 7) is 3.94. The first-order chi connectivity index (χ1) is 12.4. The number of alkyl halides is 1. The number of ether oxygens (including phenoxy) is 2. The number of pyridine rings is 1. The van der Waals surface area contributed by atoms with Gasteiger partial charge in [0.05, 0.1) is 23.7 Å². The highest BCUT2D eigenvalue weighted by Gasteiger charge is 2.39. The van der Waals surface area contributed by atoms with Crippen LogP contribution in [0.3, 0.4) is 0 Å². The summed E-state index contributed by atoms with van der Waals surface area (Å²) in [5.74, 6) is -0.862. The molecule has 1 aromatic carbocycles. The summed E-state index contributed by atoms with van der Waals surface area (Å²) in [6.07, 6.45) is 0.0117. The maximum Gasteiger partial charge on any atom is 0.255 e. The van der Waals surface area contributed by atoms with Crippen LogP contribution in [0, 0.1) is 5.92 Å². The van der Waals surface area contributed by atoms with Gasteiger partial charge in [-0.2, -0.15) is 0 Å². The van der Waals surface area contributed by atoms with E-state index >= 15 is 0 Å². The molecule has 138 valence electrons. The van der Waals surface area contributed by atoms with Gasteiger partial charge in [-0.1, -0.05) is 6.92 Å². The molecular formula is C18H20FN3O4. The number of nitrogens with two attached hydrogens (primary N) is 1. The zero-order valence-corrected chi connectivity index (χ0v) is 14.5. The fraction of sp³-hybridized carbons (Fsp3) is 0.389. The highest BCUT2D eigenvalue weighted by molar-refractivity contribution is 6.01. The zero-order chi connectivity index (χ0) is 18.8. The van der Waals surface area contributed by atoms with Gasteiger partial charge in [-0.25, -0.2) is 4.39 Å². The Bertz CT molecular complexity index is 858. The minimum atomic E-state index is -1.53. The summed E-state index contributed by atoms with van der Waals surface area (Å²) in [5, 5.41) is 3.22. The van der Waals surface area contributed by atoms with Crippen LogP contribution in [-0.4, -0.2) is 42.2 Å². The summed E-state index contributed by atoms with van der Waals surface area (Å²) in [5.41, 5.74) is 6.16. The van der Waals surface area contributed by atoms with Gasteiger partial charge in [0, 0.05) is 17.5 Å². The summed E-state index contributed by atoms with van der Waals surface area (Å²) in [7, 11) is 0. The average Bonchev–Trinajstić information content (AvgIpc) is 2.86. The molecule has 26 heavy (non-hydrogen) atoms. The number of hydrogen-bond donors (Lipinski definition) is 2. The van der Waals surface area contributed by atoms with E-state index in [4.69, 9.17) is 15.2 Å². The third kappa shape index (κ3) is 3.26. The van der Waals surface area contributed by atoms with Gasteiger partial charge < -0.3 is 20.5 Å². The highest BCUT2D eigenvalue weighted by atomic mass is 19.1. The molecule has 1 aliphatic heterocycles. The Morgan fingerprint density at radius 2 is 2.12 bits per heavy atom. The lowest BCUT2D eigenvalue weighted by atomic mass is 10.0.